The van der Waals surface area contributed by atoms with Crippen molar-refractivity contribution in [2.75, 3.05) is 19.8 Å². The molecular formula is C17H29NO2. The van der Waals surface area contributed by atoms with Crippen molar-refractivity contribution in [1.29, 1.82) is 0 Å². The summed E-state index contributed by atoms with van der Waals surface area (Å²) in [7, 11) is 0. The summed E-state index contributed by atoms with van der Waals surface area (Å²) >= 11 is 0. The fourth-order valence-electron chi connectivity index (χ4n) is 1.90. The third-order valence-corrected chi connectivity index (χ3v) is 2.99. The molecule has 0 aliphatic rings. The maximum Gasteiger partial charge on any atom is 0.119 e. The van der Waals surface area contributed by atoms with Crippen molar-refractivity contribution in [3.8, 4) is 5.75 Å². The van der Waals surface area contributed by atoms with Crippen LogP contribution in [0.25, 0.3) is 0 Å². The summed E-state index contributed by atoms with van der Waals surface area (Å²) in [6.07, 6.45) is 2.41. The smallest absolute Gasteiger partial charge is 0.119 e. The summed E-state index contributed by atoms with van der Waals surface area (Å²) in [4.78, 5) is 0. The third kappa shape index (κ3) is 6.40. The van der Waals surface area contributed by atoms with Crippen LogP contribution >= 0.6 is 0 Å². The molecule has 0 aliphatic carbocycles. The molecule has 0 amide bonds. The fraction of sp³-hybridized carbons (Fsp3) is 0.647. The molecule has 0 saturated carbocycles. The summed E-state index contributed by atoms with van der Waals surface area (Å²) in [5, 5.41) is 3.54. The molecule has 3 heteroatoms. The molecule has 1 N–H and O–H groups in total. The van der Waals surface area contributed by atoms with E-state index in [1.165, 1.54) is 5.56 Å². The highest BCUT2D eigenvalue weighted by atomic mass is 16.5. The number of hydrogen-bond donors (Lipinski definition) is 1. The van der Waals surface area contributed by atoms with Crippen molar-refractivity contribution in [3.05, 3.63) is 29.8 Å². The Morgan fingerprint density at radius 2 is 1.75 bits per heavy atom. The van der Waals surface area contributed by atoms with Crippen LogP contribution < -0.4 is 10.1 Å². The van der Waals surface area contributed by atoms with Crippen LogP contribution in [0.4, 0.5) is 0 Å². The minimum absolute atomic E-state index is 0.248. The van der Waals surface area contributed by atoms with Crippen molar-refractivity contribution in [3.63, 3.8) is 0 Å². The van der Waals surface area contributed by atoms with Crippen LogP contribution in [0, 0.1) is 0 Å². The van der Waals surface area contributed by atoms with Gasteiger partial charge in [-0.3, -0.25) is 0 Å². The Kier molecular flexibility index (Phi) is 8.31. The Morgan fingerprint density at radius 1 is 1.05 bits per heavy atom. The number of ether oxygens (including phenoxy) is 2. The summed E-state index contributed by atoms with van der Waals surface area (Å²) in [5.74, 6) is 0.939. The molecule has 0 spiro atoms. The van der Waals surface area contributed by atoms with Gasteiger partial charge in [-0.25, -0.2) is 0 Å². The molecule has 1 unspecified atom stereocenters. The van der Waals surface area contributed by atoms with E-state index in [-0.39, 0.29) is 12.1 Å². The summed E-state index contributed by atoms with van der Waals surface area (Å²) in [5.41, 5.74) is 1.25. The molecule has 0 aromatic heterocycles. The van der Waals surface area contributed by atoms with Crippen molar-refractivity contribution >= 4 is 0 Å². The summed E-state index contributed by atoms with van der Waals surface area (Å²) in [6.45, 7) is 10.9. The quantitative estimate of drug-likeness (QED) is 0.703. The normalized spacial score (nSPS) is 12.7. The van der Waals surface area contributed by atoms with Gasteiger partial charge in [0.1, 0.15) is 5.75 Å². The molecule has 0 fully saturated rings. The number of hydrogen-bond acceptors (Lipinski definition) is 3. The maximum absolute atomic E-state index is 5.76. The second-order valence-corrected chi connectivity index (χ2v) is 5.31. The van der Waals surface area contributed by atoms with Crippen molar-refractivity contribution in [2.45, 2.75) is 52.7 Å². The first-order chi connectivity index (χ1) is 9.67. The highest BCUT2D eigenvalue weighted by Gasteiger charge is 2.11. The van der Waals surface area contributed by atoms with Gasteiger partial charge in [-0.1, -0.05) is 26.0 Å². The Bertz CT molecular complexity index is 349. The predicted molar refractivity (Wildman–Crippen MR) is 84.4 cm³/mol. The number of nitrogens with one attached hydrogen (secondary N) is 1. The molecule has 1 aromatic carbocycles. The van der Waals surface area contributed by atoms with E-state index in [2.05, 4.69) is 45.1 Å². The van der Waals surface area contributed by atoms with Crippen LogP contribution in [0.15, 0.2) is 24.3 Å². The van der Waals surface area contributed by atoms with Gasteiger partial charge in [-0.15, -0.1) is 0 Å². The lowest BCUT2D eigenvalue weighted by molar-refractivity contribution is 0.0611. The average molecular weight is 279 g/mol. The predicted octanol–water partition coefficient (Wildman–Crippen LogP) is 3.94. The number of rotatable bonds is 10. The van der Waals surface area contributed by atoms with E-state index in [1.807, 2.05) is 12.1 Å². The second-order valence-electron chi connectivity index (χ2n) is 5.31. The highest BCUT2D eigenvalue weighted by molar-refractivity contribution is 5.29. The maximum atomic E-state index is 5.76. The average Bonchev–Trinajstić information content (AvgIpc) is 2.46. The molecule has 0 radical (unpaired) electrons. The van der Waals surface area contributed by atoms with Crippen LogP contribution in [0.5, 0.6) is 5.75 Å². The van der Waals surface area contributed by atoms with E-state index >= 15 is 0 Å². The monoisotopic (exact) mass is 279 g/mol. The minimum Gasteiger partial charge on any atom is -0.494 e. The van der Waals surface area contributed by atoms with E-state index in [9.17, 15) is 0 Å². The first-order valence-corrected chi connectivity index (χ1v) is 7.75. The molecule has 3 nitrogen and oxygen atoms in total. The van der Waals surface area contributed by atoms with Gasteiger partial charge in [-0.2, -0.15) is 0 Å². The van der Waals surface area contributed by atoms with Crippen LogP contribution in [0.1, 0.15) is 52.1 Å². The second kappa shape index (κ2) is 9.78. The zero-order valence-corrected chi connectivity index (χ0v) is 13.3. The molecule has 0 saturated heterocycles. The molecule has 1 atom stereocenters. The van der Waals surface area contributed by atoms with Gasteiger partial charge in [-0.05, 0) is 50.9 Å². The molecule has 0 aliphatic heterocycles. The van der Waals surface area contributed by atoms with Gasteiger partial charge >= 0.3 is 0 Å². The Balaban J connectivity index is 2.63. The van der Waals surface area contributed by atoms with Gasteiger partial charge in [0, 0.05) is 0 Å². The first kappa shape index (κ1) is 17.0. The lowest BCUT2D eigenvalue weighted by atomic mass is 10.1. The van der Waals surface area contributed by atoms with Gasteiger partial charge in [0.25, 0.3) is 0 Å². The van der Waals surface area contributed by atoms with Gasteiger partial charge in [0.2, 0.25) is 0 Å². The van der Waals surface area contributed by atoms with Crippen LogP contribution in [0.2, 0.25) is 0 Å². The molecule has 1 rings (SSSR count). The zero-order chi connectivity index (χ0) is 14.8. The standard InChI is InChI=1S/C17H29NO2/c1-5-11-18-17(13-20-14(3)4)15-7-9-16(10-8-15)19-12-6-2/h7-10,14,17-18H,5-6,11-13H2,1-4H3. The third-order valence-electron chi connectivity index (χ3n) is 2.99. The van der Waals surface area contributed by atoms with E-state index < -0.39 is 0 Å². The van der Waals surface area contributed by atoms with Crippen molar-refractivity contribution in [1.82, 2.24) is 5.32 Å². The molecule has 114 valence electrons. The molecule has 20 heavy (non-hydrogen) atoms. The van der Waals surface area contributed by atoms with Gasteiger partial charge in [0.05, 0.1) is 25.4 Å². The summed E-state index contributed by atoms with van der Waals surface area (Å²) in [6, 6.07) is 8.59. The van der Waals surface area contributed by atoms with Crippen LogP contribution in [-0.4, -0.2) is 25.9 Å². The Labute approximate surface area is 123 Å². The Morgan fingerprint density at radius 3 is 2.30 bits per heavy atom. The largest absolute Gasteiger partial charge is 0.494 e. The molecule has 0 heterocycles. The molecule has 0 bridgehead atoms. The fourth-order valence-corrected chi connectivity index (χ4v) is 1.90. The van der Waals surface area contributed by atoms with Crippen LogP contribution in [0.3, 0.4) is 0 Å². The first-order valence-electron chi connectivity index (χ1n) is 7.75. The van der Waals surface area contributed by atoms with E-state index in [1.54, 1.807) is 0 Å². The SMILES string of the molecule is CCCNC(COC(C)C)c1ccc(OCCC)cc1. The molecule has 1 aromatic rings. The van der Waals surface area contributed by atoms with Gasteiger partial charge in [0.15, 0.2) is 0 Å². The highest BCUT2D eigenvalue weighted by Crippen LogP contribution is 2.19. The van der Waals surface area contributed by atoms with E-state index in [4.69, 9.17) is 9.47 Å². The van der Waals surface area contributed by atoms with Crippen molar-refractivity contribution < 1.29 is 9.47 Å². The zero-order valence-electron chi connectivity index (χ0n) is 13.3. The van der Waals surface area contributed by atoms with Crippen LogP contribution in [-0.2, 0) is 4.74 Å². The lowest BCUT2D eigenvalue weighted by Crippen LogP contribution is -2.27. The minimum atomic E-state index is 0.248. The number of benzene rings is 1. The topological polar surface area (TPSA) is 30.5 Å². The molecular weight excluding hydrogens is 250 g/mol. The van der Waals surface area contributed by atoms with Crippen molar-refractivity contribution in [2.24, 2.45) is 0 Å². The summed E-state index contributed by atoms with van der Waals surface area (Å²) < 4.78 is 11.4. The van der Waals surface area contributed by atoms with E-state index in [0.717, 1.165) is 31.7 Å². The van der Waals surface area contributed by atoms with E-state index in [0.29, 0.717) is 6.61 Å². The Hall–Kier alpha value is -1.06. The lowest BCUT2D eigenvalue weighted by Gasteiger charge is -2.21. The van der Waals surface area contributed by atoms with Gasteiger partial charge < -0.3 is 14.8 Å².